The van der Waals surface area contributed by atoms with Crippen LogP contribution in [0.4, 0.5) is 0 Å². The number of azo groups is 1. The molecule has 2 fully saturated rings. The summed E-state index contributed by atoms with van der Waals surface area (Å²) in [5.41, 5.74) is 1.22. The van der Waals surface area contributed by atoms with Crippen molar-refractivity contribution in [3.05, 3.63) is 57.2 Å². The highest BCUT2D eigenvalue weighted by Gasteiger charge is 2.55. The maximum atomic E-state index is 12.6. The van der Waals surface area contributed by atoms with Crippen LogP contribution in [0.1, 0.15) is 51.0 Å². The molecule has 0 spiro atoms. The quantitative estimate of drug-likeness (QED) is 0.613. The van der Waals surface area contributed by atoms with Crippen LogP contribution in [0.15, 0.2) is 56.9 Å². The number of nitrogens with zero attached hydrogens (tertiary/aromatic N) is 3. The second kappa shape index (κ2) is 8.19. The van der Waals surface area contributed by atoms with Gasteiger partial charge >= 0.3 is 0 Å². The minimum Gasteiger partial charge on any atom is -0.388 e. The Balaban J connectivity index is 1.32. The number of thioether (sulfide) groups is 1. The first-order chi connectivity index (χ1) is 15.3. The first-order valence-corrected chi connectivity index (χ1v) is 12.6. The fourth-order valence-corrected chi connectivity index (χ4v) is 6.19. The van der Waals surface area contributed by atoms with Crippen molar-refractivity contribution >= 4 is 29.3 Å². The zero-order valence-electron chi connectivity index (χ0n) is 18.5. The van der Waals surface area contributed by atoms with Crippen LogP contribution in [0.3, 0.4) is 0 Å². The number of carbonyl (C=O) groups excluding carboxylic acids is 1. The summed E-state index contributed by atoms with van der Waals surface area (Å²) < 4.78 is 0. The number of hydrogen-bond donors (Lipinski definition) is 2. The zero-order valence-corrected chi connectivity index (χ0v) is 20.0. The number of rotatable bonds is 5. The Morgan fingerprint density at radius 2 is 1.91 bits per heavy atom. The van der Waals surface area contributed by atoms with E-state index < -0.39 is 11.1 Å². The number of carbonyl (C=O) groups is 1. The highest BCUT2D eigenvalue weighted by atomic mass is 35.5. The van der Waals surface area contributed by atoms with Crippen molar-refractivity contribution in [2.24, 2.45) is 10.2 Å². The lowest BCUT2D eigenvalue weighted by Gasteiger charge is -2.34. The number of nitrogens with one attached hydrogen (secondary N) is 1. The van der Waals surface area contributed by atoms with Gasteiger partial charge in [0.2, 0.25) is 0 Å². The molecule has 4 aliphatic rings. The number of allylic oxidation sites excluding steroid dienone is 1. The third kappa shape index (κ3) is 4.11. The van der Waals surface area contributed by atoms with Crippen LogP contribution in [-0.2, 0) is 4.79 Å². The summed E-state index contributed by atoms with van der Waals surface area (Å²) in [6.45, 7) is 6.11. The minimum atomic E-state index is -0.938. The second-order valence-electron chi connectivity index (χ2n) is 9.71. The number of benzene rings is 1. The molecule has 1 unspecified atom stereocenters. The topological polar surface area (TPSA) is 77.3 Å². The number of likely N-dealkylation sites (tertiary alicyclic amines) is 1. The third-order valence-corrected chi connectivity index (χ3v) is 8.75. The molecule has 3 aliphatic heterocycles. The van der Waals surface area contributed by atoms with Crippen LogP contribution in [0.25, 0.3) is 0 Å². The fraction of sp³-hybridized carbons (Fsp3) is 0.542. The predicted octanol–water partition coefficient (Wildman–Crippen LogP) is 4.62. The molecule has 6 nitrogen and oxygen atoms in total. The van der Waals surface area contributed by atoms with Gasteiger partial charge in [0.25, 0.3) is 5.91 Å². The van der Waals surface area contributed by atoms with Gasteiger partial charge in [-0.15, -0.1) is 5.11 Å². The molecule has 170 valence electrons. The van der Waals surface area contributed by atoms with E-state index in [4.69, 9.17) is 11.6 Å². The average Bonchev–Trinajstić information content (AvgIpc) is 3.45. The van der Waals surface area contributed by atoms with Crippen molar-refractivity contribution in [2.75, 3.05) is 19.6 Å². The summed E-state index contributed by atoms with van der Waals surface area (Å²) in [4.78, 5) is 15.0. The van der Waals surface area contributed by atoms with E-state index >= 15 is 0 Å². The second-order valence-corrected chi connectivity index (χ2v) is 11.4. The van der Waals surface area contributed by atoms with E-state index in [0.717, 1.165) is 49.4 Å². The molecule has 1 amide bonds. The van der Waals surface area contributed by atoms with Gasteiger partial charge in [-0.25, -0.2) is 0 Å². The monoisotopic (exact) mass is 472 g/mol. The Morgan fingerprint density at radius 1 is 1.22 bits per heavy atom. The standard InChI is InChI=1S/C24H29ClN4O2S/c1-23(2,31)24(9-10-24)28-27-21-18-13-20(32-19(18)14-26-22(21)30)29-11-7-16(8-12-29)15-3-5-17(25)6-4-15/h3-6,13,16,19,31H,7-12,14H2,1-2H3,(H,26,30). The highest BCUT2D eigenvalue weighted by Crippen LogP contribution is 2.49. The molecule has 1 saturated heterocycles. The molecule has 1 atom stereocenters. The van der Waals surface area contributed by atoms with E-state index in [9.17, 15) is 9.90 Å². The highest BCUT2D eigenvalue weighted by molar-refractivity contribution is 8.04. The first-order valence-electron chi connectivity index (χ1n) is 11.3. The summed E-state index contributed by atoms with van der Waals surface area (Å²) in [6.07, 6.45) is 5.93. The Hall–Kier alpha value is -1.83. The van der Waals surface area contributed by atoms with Crippen molar-refractivity contribution in [3.63, 3.8) is 0 Å². The molecule has 0 radical (unpaired) electrons. The van der Waals surface area contributed by atoms with Crippen LogP contribution in [0, 0.1) is 0 Å². The molecule has 3 heterocycles. The van der Waals surface area contributed by atoms with Crippen LogP contribution in [-0.4, -0.2) is 51.9 Å². The Labute approximate surface area is 198 Å². The van der Waals surface area contributed by atoms with Gasteiger partial charge in [0.15, 0.2) is 5.70 Å². The lowest BCUT2D eigenvalue weighted by Crippen LogP contribution is -2.38. The van der Waals surface area contributed by atoms with E-state index in [1.165, 1.54) is 10.6 Å². The van der Waals surface area contributed by atoms with Crippen molar-refractivity contribution in [1.29, 1.82) is 0 Å². The van der Waals surface area contributed by atoms with E-state index in [0.29, 0.717) is 18.2 Å². The van der Waals surface area contributed by atoms with Gasteiger partial charge < -0.3 is 15.3 Å². The van der Waals surface area contributed by atoms with Crippen molar-refractivity contribution in [3.8, 4) is 0 Å². The van der Waals surface area contributed by atoms with E-state index in [-0.39, 0.29) is 11.2 Å². The van der Waals surface area contributed by atoms with E-state index in [2.05, 4.69) is 38.7 Å². The molecular weight excluding hydrogens is 444 g/mol. The van der Waals surface area contributed by atoms with Crippen LogP contribution in [0.2, 0.25) is 5.02 Å². The SMILES string of the molecule is CC(C)(O)C1(N=NC2=C3C=C(N4CCC(c5ccc(Cl)cc5)CC4)SC3CNC2=O)CC1. The van der Waals surface area contributed by atoms with Crippen molar-refractivity contribution in [1.82, 2.24) is 10.2 Å². The molecule has 1 saturated carbocycles. The summed E-state index contributed by atoms with van der Waals surface area (Å²) in [6, 6.07) is 8.22. The molecule has 2 N–H and O–H groups in total. The van der Waals surface area contributed by atoms with Gasteiger partial charge in [-0.1, -0.05) is 35.5 Å². The van der Waals surface area contributed by atoms with Gasteiger partial charge in [0, 0.05) is 30.2 Å². The molecular formula is C24H29ClN4O2S. The van der Waals surface area contributed by atoms with Gasteiger partial charge in [-0.05, 0) is 69.2 Å². The summed E-state index contributed by atoms with van der Waals surface area (Å²) >= 11 is 7.84. The molecule has 0 aromatic heterocycles. The number of fused-ring (bicyclic) bond motifs is 1. The van der Waals surface area contributed by atoms with Gasteiger partial charge in [0.1, 0.15) is 5.54 Å². The number of aliphatic hydroxyl groups is 1. The lowest BCUT2D eigenvalue weighted by atomic mass is 9.89. The maximum Gasteiger partial charge on any atom is 0.272 e. The van der Waals surface area contributed by atoms with Crippen molar-refractivity contribution < 1.29 is 9.90 Å². The maximum absolute atomic E-state index is 12.6. The molecule has 5 rings (SSSR count). The molecule has 1 aromatic rings. The molecule has 8 heteroatoms. The third-order valence-electron chi connectivity index (χ3n) is 7.18. The predicted molar refractivity (Wildman–Crippen MR) is 128 cm³/mol. The van der Waals surface area contributed by atoms with E-state index in [1.54, 1.807) is 25.6 Å². The molecule has 0 bridgehead atoms. The molecule has 1 aliphatic carbocycles. The summed E-state index contributed by atoms with van der Waals surface area (Å²) in [5, 5.41) is 24.4. The fourth-order valence-electron chi connectivity index (χ4n) is 4.78. The normalized spacial score (nSPS) is 25.8. The van der Waals surface area contributed by atoms with Crippen LogP contribution in [0.5, 0.6) is 0 Å². The average molecular weight is 473 g/mol. The largest absolute Gasteiger partial charge is 0.388 e. The Bertz CT molecular complexity index is 1000. The lowest BCUT2D eigenvalue weighted by molar-refractivity contribution is -0.117. The number of halogens is 1. The van der Waals surface area contributed by atoms with Crippen LogP contribution >= 0.6 is 23.4 Å². The number of piperidine rings is 1. The smallest absolute Gasteiger partial charge is 0.272 e. The molecule has 1 aromatic carbocycles. The number of hydrogen-bond acceptors (Lipinski definition) is 6. The minimum absolute atomic E-state index is 0.169. The van der Waals surface area contributed by atoms with Crippen molar-refractivity contribution in [2.45, 2.75) is 61.8 Å². The summed E-state index contributed by atoms with van der Waals surface area (Å²) in [7, 11) is 0. The first kappa shape index (κ1) is 22.0. The van der Waals surface area contributed by atoms with Gasteiger partial charge in [0.05, 0.1) is 15.9 Å². The van der Waals surface area contributed by atoms with Gasteiger partial charge in [-0.3, -0.25) is 4.79 Å². The number of amides is 1. The van der Waals surface area contributed by atoms with Gasteiger partial charge in [-0.2, -0.15) is 5.11 Å². The van der Waals surface area contributed by atoms with E-state index in [1.807, 2.05) is 12.1 Å². The Kier molecular flexibility index (Phi) is 5.63. The molecule has 32 heavy (non-hydrogen) atoms. The Morgan fingerprint density at radius 3 is 2.53 bits per heavy atom. The summed E-state index contributed by atoms with van der Waals surface area (Å²) in [5.74, 6) is 0.382. The van der Waals surface area contributed by atoms with Crippen LogP contribution < -0.4 is 5.32 Å². The zero-order chi connectivity index (χ0) is 22.5.